The van der Waals surface area contributed by atoms with Crippen LogP contribution in [-0.4, -0.2) is 53.1 Å². The molecule has 162 valence electrons. The molecule has 0 radical (unpaired) electrons. The number of hydrogen-bond acceptors (Lipinski definition) is 7. The van der Waals surface area contributed by atoms with E-state index in [2.05, 4.69) is 21.5 Å². The van der Waals surface area contributed by atoms with Crippen molar-refractivity contribution in [1.82, 2.24) is 20.1 Å². The SMILES string of the molecule is COCCCCNC(=O)c1ccc(-n2ncc(C3=C(OC)CC(C#N)C=C3)c2O)nc1. The molecular formula is C22H25N5O4. The summed E-state index contributed by atoms with van der Waals surface area (Å²) in [5.74, 6) is 0.392. The number of carbonyl (C=O) groups is 1. The third kappa shape index (κ3) is 5.10. The molecule has 1 aliphatic carbocycles. The van der Waals surface area contributed by atoms with Crippen molar-refractivity contribution in [2.24, 2.45) is 5.92 Å². The van der Waals surface area contributed by atoms with E-state index in [4.69, 9.17) is 14.7 Å². The van der Waals surface area contributed by atoms with Gasteiger partial charge in [0.15, 0.2) is 5.82 Å². The van der Waals surface area contributed by atoms with Crippen molar-refractivity contribution in [2.75, 3.05) is 27.4 Å². The average Bonchev–Trinajstić information content (AvgIpc) is 3.19. The summed E-state index contributed by atoms with van der Waals surface area (Å²) in [7, 11) is 3.18. The highest BCUT2D eigenvalue weighted by atomic mass is 16.5. The second-order valence-corrected chi connectivity index (χ2v) is 6.99. The smallest absolute Gasteiger partial charge is 0.252 e. The van der Waals surface area contributed by atoms with Crippen LogP contribution in [0.25, 0.3) is 11.4 Å². The molecule has 1 unspecified atom stereocenters. The lowest BCUT2D eigenvalue weighted by Gasteiger charge is -2.17. The van der Waals surface area contributed by atoms with Gasteiger partial charge in [-0.25, -0.2) is 4.98 Å². The normalized spacial score (nSPS) is 15.6. The Morgan fingerprint density at radius 2 is 2.19 bits per heavy atom. The van der Waals surface area contributed by atoms with Crippen LogP contribution >= 0.6 is 0 Å². The van der Waals surface area contributed by atoms with Crippen molar-refractivity contribution in [1.29, 1.82) is 5.26 Å². The highest BCUT2D eigenvalue weighted by Crippen LogP contribution is 2.35. The fourth-order valence-corrected chi connectivity index (χ4v) is 3.23. The Bertz CT molecular complexity index is 1020. The zero-order chi connectivity index (χ0) is 22.2. The summed E-state index contributed by atoms with van der Waals surface area (Å²) >= 11 is 0. The van der Waals surface area contributed by atoms with Gasteiger partial charge >= 0.3 is 0 Å². The minimum absolute atomic E-state index is 0.104. The number of aromatic nitrogens is 3. The molecule has 1 aliphatic rings. The molecule has 2 aromatic rings. The van der Waals surface area contributed by atoms with Gasteiger partial charge in [0.25, 0.3) is 5.91 Å². The number of rotatable bonds is 9. The van der Waals surface area contributed by atoms with E-state index in [1.807, 2.05) is 0 Å². The number of ether oxygens (including phenoxy) is 2. The Morgan fingerprint density at radius 3 is 2.87 bits per heavy atom. The first-order valence-electron chi connectivity index (χ1n) is 9.95. The molecule has 1 amide bonds. The van der Waals surface area contributed by atoms with Crippen molar-refractivity contribution in [3.8, 4) is 17.8 Å². The minimum atomic E-state index is -0.267. The summed E-state index contributed by atoms with van der Waals surface area (Å²) in [6, 6.07) is 5.44. The molecule has 0 spiro atoms. The molecule has 9 nitrogen and oxygen atoms in total. The van der Waals surface area contributed by atoms with Crippen LogP contribution < -0.4 is 5.32 Å². The summed E-state index contributed by atoms with van der Waals surface area (Å²) in [6.45, 7) is 1.23. The summed E-state index contributed by atoms with van der Waals surface area (Å²) < 4.78 is 11.7. The number of aromatic hydroxyl groups is 1. The largest absolute Gasteiger partial charge is 0.500 e. The summed E-state index contributed by atoms with van der Waals surface area (Å²) in [6.07, 6.45) is 8.62. The van der Waals surface area contributed by atoms with Gasteiger partial charge in [-0.1, -0.05) is 12.2 Å². The number of nitrogens with zero attached hydrogens (tertiary/aromatic N) is 4. The van der Waals surface area contributed by atoms with Crippen molar-refractivity contribution >= 4 is 11.5 Å². The van der Waals surface area contributed by atoms with Crippen molar-refractivity contribution in [2.45, 2.75) is 19.3 Å². The predicted molar refractivity (Wildman–Crippen MR) is 113 cm³/mol. The predicted octanol–water partition coefficient (Wildman–Crippen LogP) is 2.59. The molecule has 9 heteroatoms. The molecule has 0 saturated heterocycles. The van der Waals surface area contributed by atoms with Crippen LogP contribution in [0.5, 0.6) is 5.88 Å². The van der Waals surface area contributed by atoms with Gasteiger partial charge in [-0.15, -0.1) is 0 Å². The molecule has 0 saturated carbocycles. The molecule has 2 heterocycles. The van der Waals surface area contributed by atoms with Gasteiger partial charge in [0, 0.05) is 38.5 Å². The lowest BCUT2D eigenvalue weighted by Crippen LogP contribution is -2.24. The maximum atomic E-state index is 12.2. The van der Waals surface area contributed by atoms with Gasteiger partial charge < -0.3 is 19.9 Å². The maximum Gasteiger partial charge on any atom is 0.252 e. The Labute approximate surface area is 180 Å². The molecule has 2 N–H and O–H groups in total. The van der Waals surface area contributed by atoms with Gasteiger partial charge in [-0.3, -0.25) is 4.79 Å². The standard InChI is InChI=1S/C22H25N5O4/c1-30-10-4-3-9-24-21(28)16-6-8-20(25-13-16)27-22(29)18(14-26-27)17-7-5-15(12-23)11-19(17)31-2/h5-8,13-15,29H,3-4,9-11H2,1-2H3,(H,24,28). The molecular weight excluding hydrogens is 398 g/mol. The fraction of sp³-hybridized carbons (Fsp3) is 0.364. The Hall–Kier alpha value is -3.64. The van der Waals surface area contributed by atoms with Crippen molar-refractivity contribution in [3.05, 3.63) is 53.6 Å². The third-order valence-corrected chi connectivity index (χ3v) is 4.93. The average molecular weight is 423 g/mol. The molecule has 0 fully saturated rings. The molecule has 0 aliphatic heterocycles. The molecule has 3 rings (SSSR count). The van der Waals surface area contributed by atoms with E-state index >= 15 is 0 Å². The second kappa shape index (κ2) is 10.4. The number of amides is 1. The van der Waals surface area contributed by atoms with Crippen molar-refractivity contribution in [3.63, 3.8) is 0 Å². The number of methoxy groups -OCH3 is 2. The van der Waals surface area contributed by atoms with Crippen LogP contribution in [-0.2, 0) is 9.47 Å². The first-order chi connectivity index (χ1) is 15.1. The van der Waals surface area contributed by atoms with Crippen LogP contribution in [0.15, 0.2) is 42.4 Å². The number of nitriles is 1. The van der Waals surface area contributed by atoms with E-state index in [9.17, 15) is 9.90 Å². The maximum absolute atomic E-state index is 12.2. The van der Waals surface area contributed by atoms with Gasteiger partial charge in [0.1, 0.15) is 5.76 Å². The second-order valence-electron chi connectivity index (χ2n) is 6.99. The molecule has 0 aromatic carbocycles. The van der Waals surface area contributed by atoms with Crippen LogP contribution in [0.1, 0.15) is 35.2 Å². The number of unbranched alkanes of at least 4 members (excludes halogenated alkanes) is 1. The Morgan fingerprint density at radius 1 is 1.35 bits per heavy atom. The van der Waals surface area contributed by atoms with Crippen molar-refractivity contribution < 1.29 is 19.4 Å². The summed E-state index contributed by atoms with van der Waals surface area (Å²) in [5.41, 5.74) is 1.57. The topological polar surface area (TPSA) is 122 Å². The number of carbonyl (C=O) groups excluding carboxylic acids is 1. The van der Waals surface area contributed by atoms with E-state index < -0.39 is 0 Å². The van der Waals surface area contributed by atoms with Crippen LogP contribution in [0.4, 0.5) is 0 Å². The van der Waals surface area contributed by atoms with Crippen LogP contribution in [0.3, 0.4) is 0 Å². The zero-order valence-corrected chi connectivity index (χ0v) is 17.5. The monoisotopic (exact) mass is 423 g/mol. The van der Waals surface area contributed by atoms with Crippen LogP contribution in [0.2, 0.25) is 0 Å². The summed E-state index contributed by atoms with van der Waals surface area (Å²) in [5, 5.41) is 26.9. The number of hydrogen-bond donors (Lipinski definition) is 2. The fourth-order valence-electron chi connectivity index (χ4n) is 3.23. The highest BCUT2D eigenvalue weighted by molar-refractivity contribution is 5.93. The van der Waals surface area contributed by atoms with E-state index in [0.717, 1.165) is 12.8 Å². The first-order valence-corrected chi connectivity index (χ1v) is 9.95. The van der Waals surface area contributed by atoms with Gasteiger partial charge in [0.2, 0.25) is 5.88 Å². The highest BCUT2D eigenvalue weighted by Gasteiger charge is 2.23. The van der Waals surface area contributed by atoms with E-state index in [1.165, 1.54) is 24.2 Å². The number of pyridine rings is 1. The van der Waals surface area contributed by atoms with E-state index in [0.29, 0.717) is 47.8 Å². The lowest BCUT2D eigenvalue weighted by molar-refractivity contribution is 0.0951. The third-order valence-electron chi connectivity index (χ3n) is 4.93. The van der Waals surface area contributed by atoms with Crippen LogP contribution in [0, 0.1) is 17.2 Å². The van der Waals surface area contributed by atoms with Gasteiger partial charge in [0.05, 0.1) is 36.4 Å². The van der Waals surface area contributed by atoms with Gasteiger partial charge in [-0.05, 0) is 25.0 Å². The molecule has 1 atom stereocenters. The number of nitrogens with one attached hydrogen (secondary N) is 1. The molecule has 0 bridgehead atoms. The summed E-state index contributed by atoms with van der Waals surface area (Å²) in [4.78, 5) is 16.5. The Balaban J connectivity index is 1.73. The van der Waals surface area contributed by atoms with E-state index in [-0.39, 0.29) is 17.7 Å². The zero-order valence-electron chi connectivity index (χ0n) is 17.5. The quantitative estimate of drug-likeness (QED) is 0.594. The first kappa shape index (κ1) is 22.1. The lowest BCUT2D eigenvalue weighted by atomic mass is 9.93. The van der Waals surface area contributed by atoms with Gasteiger partial charge in [-0.2, -0.15) is 15.0 Å². The number of allylic oxidation sites excluding steroid dienone is 4. The molecule has 2 aromatic heterocycles. The molecule has 31 heavy (non-hydrogen) atoms. The minimum Gasteiger partial charge on any atom is -0.500 e. The Kier molecular flexibility index (Phi) is 7.40. The van der Waals surface area contributed by atoms with E-state index in [1.54, 1.807) is 31.4 Å².